The van der Waals surface area contributed by atoms with Crippen LogP contribution in [0.3, 0.4) is 0 Å². The molecule has 0 bridgehead atoms. The maximum absolute atomic E-state index is 11.6. The van der Waals surface area contributed by atoms with Crippen LogP contribution in [0.15, 0.2) is 11.4 Å². The van der Waals surface area contributed by atoms with E-state index in [0.717, 1.165) is 36.2 Å². The third kappa shape index (κ3) is 3.55. The molecule has 1 aromatic rings. The molecule has 2 rings (SSSR count). The summed E-state index contributed by atoms with van der Waals surface area (Å²) in [5, 5.41) is 2.79. The van der Waals surface area contributed by atoms with Crippen LogP contribution >= 0.6 is 22.9 Å². The number of halogens is 1. The number of nitrogens with zero attached hydrogens (tertiary/aromatic N) is 1. The molecule has 0 radical (unpaired) electrons. The molecule has 90 valence electrons. The third-order valence-corrected chi connectivity index (χ3v) is 5.52. The summed E-state index contributed by atoms with van der Waals surface area (Å²) >= 11 is 7.61. The highest BCUT2D eigenvalue weighted by Crippen LogP contribution is 2.21. The van der Waals surface area contributed by atoms with Gasteiger partial charge in [0.1, 0.15) is 0 Å². The van der Waals surface area contributed by atoms with Gasteiger partial charge in [-0.05, 0) is 12.0 Å². The zero-order chi connectivity index (χ0) is 11.5. The monoisotopic (exact) mass is 277 g/mol. The van der Waals surface area contributed by atoms with Crippen LogP contribution in [0.2, 0.25) is 5.02 Å². The lowest BCUT2D eigenvalue weighted by Crippen LogP contribution is -2.28. The van der Waals surface area contributed by atoms with E-state index < -0.39 is 10.8 Å². The van der Waals surface area contributed by atoms with E-state index in [1.165, 1.54) is 4.88 Å². The molecule has 0 unspecified atom stereocenters. The molecule has 16 heavy (non-hydrogen) atoms. The van der Waals surface area contributed by atoms with Gasteiger partial charge in [-0.25, -0.2) is 0 Å². The van der Waals surface area contributed by atoms with Crippen molar-refractivity contribution in [3.8, 4) is 0 Å². The lowest BCUT2D eigenvalue weighted by Gasteiger charge is -2.20. The van der Waals surface area contributed by atoms with E-state index in [4.69, 9.17) is 11.6 Å². The van der Waals surface area contributed by atoms with Crippen LogP contribution in [0.25, 0.3) is 0 Å². The smallest absolute Gasteiger partial charge is 0.0516 e. The summed E-state index contributed by atoms with van der Waals surface area (Å²) in [6.45, 7) is 5.10. The fourth-order valence-electron chi connectivity index (χ4n) is 2.02. The van der Waals surface area contributed by atoms with Gasteiger partial charge >= 0.3 is 0 Å². The van der Waals surface area contributed by atoms with Gasteiger partial charge in [0.15, 0.2) is 0 Å². The van der Waals surface area contributed by atoms with Gasteiger partial charge in [0.05, 0.1) is 5.02 Å². The highest BCUT2D eigenvalue weighted by molar-refractivity contribution is 7.85. The second-order valence-corrected chi connectivity index (χ2v) is 7.44. The van der Waals surface area contributed by atoms with Gasteiger partial charge in [0.2, 0.25) is 0 Å². The molecule has 1 aromatic heterocycles. The van der Waals surface area contributed by atoms with Crippen molar-refractivity contribution in [2.45, 2.75) is 13.5 Å². The lowest BCUT2D eigenvalue weighted by atomic mass is 10.2. The van der Waals surface area contributed by atoms with Crippen molar-refractivity contribution in [1.82, 2.24) is 4.90 Å². The van der Waals surface area contributed by atoms with E-state index in [0.29, 0.717) is 5.92 Å². The second kappa shape index (κ2) is 5.63. The summed E-state index contributed by atoms with van der Waals surface area (Å²) in [4.78, 5) is 3.68. The molecular weight excluding hydrogens is 262 g/mol. The fraction of sp³-hybridized carbons (Fsp3) is 0.636. The summed E-state index contributed by atoms with van der Waals surface area (Å²) in [5.74, 6) is 2.18. The molecule has 1 fully saturated rings. The zero-order valence-corrected chi connectivity index (χ0v) is 11.7. The Bertz CT molecular complexity index is 380. The quantitative estimate of drug-likeness (QED) is 0.828. The van der Waals surface area contributed by atoms with Crippen molar-refractivity contribution in [3.05, 3.63) is 21.3 Å². The predicted molar refractivity (Wildman–Crippen MR) is 71.6 cm³/mol. The molecule has 2 nitrogen and oxygen atoms in total. The summed E-state index contributed by atoms with van der Waals surface area (Å²) in [6.07, 6.45) is 0. The van der Waals surface area contributed by atoms with Gasteiger partial charge in [-0.1, -0.05) is 18.5 Å². The van der Waals surface area contributed by atoms with Gasteiger partial charge in [-0.2, -0.15) is 0 Å². The van der Waals surface area contributed by atoms with Crippen LogP contribution in [0.5, 0.6) is 0 Å². The van der Waals surface area contributed by atoms with E-state index in [2.05, 4.69) is 11.8 Å². The van der Waals surface area contributed by atoms with Crippen LogP contribution < -0.4 is 0 Å². The van der Waals surface area contributed by atoms with Crippen molar-refractivity contribution in [2.75, 3.05) is 24.6 Å². The second-order valence-electron chi connectivity index (χ2n) is 4.38. The molecule has 0 N–H and O–H groups in total. The Morgan fingerprint density at radius 3 is 3.19 bits per heavy atom. The van der Waals surface area contributed by atoms with Crippen LogP contribution in [-0.2, 0) is 17.3 Å². The van der Waals surface area contributed by atoms with Crippen molar-refractivity contribution < 1.29 is 4.21 Å². The number of hydrogen-bond acceptors (Lipinski definition) is 3. The first-order valence-electron chi connectivity index (χ1n) is 5.43. The molecule has 0 spiro atoms. The summed E-state index contributed by atoms with van der Waals surface area (Å²) < 4.78 is 11.6. The van der Waals surface area contributed by atoms with Crippen LogP contribution in [0, 0.1) is 5.92 Å². The van der Waals surface area contributed by atoms with E-state index in [-0.39, 0.29) is 0 Å². The summed E-state index contributed by atoms with van der Waals surface area (Å²) in [6, 6.07) is 2.03. The molecular formula is C11H16ClNOS2. The third-order valence-electron chi connectivity index (χ3n) is 2.68. The molecule has 2 atom stereocenters. The van der Waals surface area contributed by atoms with Crippen LogP contribution in [-0.4, -0.2) is 33.7 Å². The highest BCUT2D eigenvalue weighted by atomic mass is 35.5. The maximum Gasteiger partial charge on any atom is 0.0516 e. The van der Waals surface area contributed by atoms with Crippen LogP contribution in [0.4, 0.5) is 0 Å². The zero-order valence-electron chi connectivity index (χ0n) is 9.32. The normalized spacial score (nSPS) is 27.9. The first-order valence-corrected chi connectivity index (χ1v) is 8.18. The van der Waals surface area contributed by atoms with Gasteiger partial charge in [-0.3, -0.25) is 9.11 Å². The van der Waals surface area contributed by atoms with E-state index in [1.54, 1.807) is 11.3 Å². The van der Waals surface area contributed by atoms with E-state index in [1.807, 2.05) is 11.4 Å². The molecule has 0 aliphatic carbocycles. The Kier molecular flexibility index (Phi) is 4.41. The Morgan fingerprint density at radius 1 is 1.69 bits per heavy atom. The van der Waals surface area contributed by atoms with Crippen LogP contribution in [0.1, 0.15) is 11.8 Å². The SMILES string of the molecule is C[C@H]1CN(Cc2cc(Cl)cs2)CC[S@@](=O)C1. The van der Waals surface area contributed by atoms with E-state index in [9.17, 15) is 4.21 Å². The average Bonchev–Trinajstić information content (AvgIpc) is 2.52. The van der Waals surface area contributed by atoms with Crippen molar-refractivity contribution in [1.29, 1.82) is 0 Å². The molecule has 1 aliphatic heterocycles. The maximum atomic E-state index is 11.6. The largest absolute Gasteiger partial charge is 0.297 e. The van der Waals surface area contributed by atoms with Gasteiger partial charge in [0.25, 0.3) is 0 Å². The standard InChI is InChI=1S/C11H16ClNOS2/c1-9-5-13(2-3-16(14)8-9)6-11-4-10(12)7-15-11/h4,7,9H,2-3,5-6,8H2,1H3/t9-,16+/m0/s1. The van der Waals surface area contributed by atoms with Gasteiger partial charge in [0, 0.05) is 52.2 Å². The average molecular weight is 278 g/mol. The molecule has 1 aliphatic rings. The van der Waals surface area contributed by atoms with E-state index >= 15 is 0 Å². The predicted octanol–water partition coefficient (Wildman–Crippen LogP) is 2.60. The topological polar surface area (TPSA) is 20.3 Å². The Morgan fingerprint density at radius 2 is 2.50 bits per heavy atom. The summed E-state index contributed by atoms with van der Waals surface area (Å²) in [5.41, 5.74) is 0. The first kappa shape index (κ1) is 12.6. The Hall–Kier alpha value is 0.1000. The molecule has 0 saturated carbocycles. The molecule has 0 aromatic carbocycles. The highest BCUT2D eigenvalue weighted by Gasteiger charge is 2.19. The summed E-state index contributed by atoms with van der Waals surface area (Å²) in [7, 11) is -0.625. The van der Waals surface area contributed by atoms with Crippen molar-refractivity contribution in [3.63, 3.8) is 0 Å². The Balaban J connectivity index is 1.96. The fourth-order valence-corrected chi connectivity index (χ4v) is 4.50. The van der Waals surface area contributed by atoms with Gasteiger partial charge < -0.3 is 0 Å². The number of rotatable bonds is 2. The minimum absolute atomic E-state index is 0.527. The van der Waals surface area contributed by atoms with Crippen molar-refractivity contribution in [2.24, 2.45) is 5.92 Å². The minimum Gasteiger partial charge on any atom is -0.297 e. The molecule has 2 heterocycles. The molecule has 0 amide bonds. The first-order chi connectivity index (χ1) is 7.63. The van der Waals surface area contributed by atoms with Crippen molar-refractivity contribution >= 4 is 33.7 Å². The molecule has 5 heteroatoms. The lowest BCUT2D eigenvalue weighted by molar-refractivity contribution is 0.259. The Labute approximate surface area is 108 Å². The molecule has 1 saturated heterocycles. The number of thiophene rings is 1. The minimum atomic E-state index is -0.625. The van der Waals surface area contributed by atoms with Gasteiger partial charge in [-0.15, -0.1) is 11.3 Å². The number of hydrogen-bond donors (Lipinski definition) is 0.